The van der Waals surface area contributed by atoms with Crippen molar-refractivity contribution in [3.8, 4) is 11.5 Å². The van der Waals surface area contributed by atoms with E-state index >= 15 is 0 Å². The minimum atomic E-state index is -0.276. The molecular weight excluding hydrogens is 356 g/mol. The minimum Gasteiger partial charge on any atom is -0.454 e. The molecule has 0 unspecified atom stereocenters. The van der Waals surface area contributed by atoms with Gasteiger partial charge in [-0.1, -0.05) is 19.9 Å². The molecular formula is C21H24N4O3. The molecule has 1 amide bonds. The van der Waals surface area contributed by atoms with Gasteiger partial charge in [0.05, 0.1) is 16.6 Å². The Morgan fingerprint density at radius 2 is 1.96 bits per heavy atom. The first kappa shape index (κ1) is 18.3. The molecule has 0 spiro atoms. The Bertz CT molecular complexity index is 1080. The lowest BCUT2D eigenvalue weighted by molar-refractivity contribution is 0.0947. The van der Waals surface area contributed by atoms with Crippen molar-refractivity contribution in [1.82, 2.24) is 20.1 Å². The van der Waals surface area contributed by atoms with E-state index in [0.29, 0.717) is 12.1 Å². The van der Waals surface area contributed by atoms with Crippen LogP contribution in [0.3, 0.4) is 0 Å². The van der Waals surface area contributed by atoms with Crippen molar-refractivity contribution in [3.05, 3.63) is 46.8 Å². The van der Waals surface area contributed by atoms with Gasteiger partial charge in [0.15, 0.2) is 17.1 Å². The molecule has 146 valence electrons. The fraction of sp³-hybridized carbons (Fsp3) is 0.381. The van der Waals surface area contributed by atoms with Gasteiger partial charge in [0, 0.05) is 24.7 Å². The summed E-state index contributed by atoms with van der Waals surface area (Å²) in [6, 6.07) is 7.73. The Hall–Kier alpha value is -3.09. The Kier molecular flexibility index (Phi) is 4.25. The van der Waals surface area contributed by atoms with Crippen molar-refractivity contribution in [2.45, 2.75) is 33.1 Å². The maximum absolute atomic E-state index is 13.0. The third-order valence-corrected chi connectivity index (χ3v) is 5.19. The smallest absolute Gasteiger partial charge is 0.252 e. The summed E-state index contributed by atoms with van der Waals surface area (Å²) in [4.78, 5) is 17.5. The number of aromatic nitrogens is 3. The average Bonchev–Trinajstić information content (AvgIpc) is 3.23. The lowest BCUT2D eigenvalue weighted by atomic mass is 9.84. The molecule has 0 saturated carbocycles. The number of hydrogen-bond donors (Lipinski definition) is 1. The molecule has 0 atom stereocenters. The largest absolute Gasteiger partial charge is 0.454 e. The summed E-state index contributed by atoms with van der Waals surface area (Å²) in [7, 11) is 1.84. The number of hydrogen-bond acceptors (Lipinski definition) is 5. The summed E-state index contributed by atoms with van der Waals surface area (Å²) < 4.78 is 12.6. The number of amides is 1. The zero-order valence-electron chi connectivity index (χ0n) is 16.8. The zero-order chi connectivity index (χ0) is 20.1. The molecule has 1 aliphatic rings. The van der Waals surface area contributed by atoms with Crippen LogP contribution in [0.2, 0.25) is 0 Å². The number of benzene rings is 1. The Morgan fingerprint density at radius 1 is 1.21 bits per heavy atom. The monoisotopic (exact) mass is 380 g/mol. The number of ether oxygens (including phenoxy) is 2. The Labute approximate surface area is 163 Å². The molecule has 3 aromatic rings. The number of carbonyl (C=O) groups excluding carboxylic acids is 1. The van der Waals surface area contributed by atoms with Gasteiger partial charge in [0.25, 0.3) is 5.91 Å². The van der Waals surface area contributed by atoms with Crippen molar-refractivity contribution in [2.24, 2.45) is 7.05 Å². The number of aryl methyl sites for hydroxylation is 3. The third-order valence-electron chi connectivity index (χ3n) is 5.19. The van der Waals surface area contributed by atoms with Gasteiger partial charge < -0.3 is 14.8 Å². The number of pyridine rings is 1. The Balaban J connectivity index is 1.58. The maximum atomic E-state index is 13.0. The minimum absolute atomic E-state index is 0.125. The van der Waals surface area contributed by atoms with E-state index < -0.39 is 0 Å². The summed E-state index contributed by atoms with van der Waals surface area (Å²) in [6.07, 6.45) is 0. The second-order valence-corrected chi connectivity index (χ2v) is 7.85. The molecule has 0 fully saturated rings. The first-order valence-corrected chi connectivity index (χ1v) is 9.25. The van der Waals surface area contributed by atoms with Crippen LogP contribution in [0, 0.1) is 13.8 Å². The summed E-state index contributed by atoms with van der Waals surface area (Å²) >= 11 is 0. The van der Waals surface area contributed by atoms with Crippen LogP contribution >= 0.6 is 0 Å². The van der Waals surface area contributed by atoms with E-state index in [1.54, 1.807) is 4.68 Å². The van der Waals surface area contributed by atoms with E-state index in [1.807, 2.05) is 45.2 Å². The van der Waals surface area contributed by atoms with Crippen LogP contribution in [-0.2, 0) is 12.5 Å². The first-order valence-electron chi connectivity index (χ1n) is 9.25. The maximum Gasteiger partial charge on any atom is 0.252 e. The molecule has 0 aliphatic carbocycles. The quantitative estimate of drug-likeness (QED) is 0.753. The third kappa shape index (κ3) is 3.06. The van der Waals surface area contributed by atoms with Crippen LogP contribution in [-0.4, -0.2) is 34.0 Å². The van der Waals surface area contributed by atoms with Crippen molar-refractivity contribution < 1.29 is 14.3 Å². The summed E-state index contributed by atoms with van der Waals surface area (Å²) in [5.74, 6) is 1.38. The molecule has 28 heavy (non-hydrogen) atoms. The SMILES string of the molecule is Cc1cc(C(=O)NCC(C)(C)c2ccc3c(c2)OCO3)c2c(C)nn(C)c2n1. The zero-order valence-corrected chi connectivity index (χ0v) is 16.8. The van der Waals surface area contributed by atoms with Crippen molar-refractivity contribution in [2.75, 3.05) is 13.3 Å². The number of carbonyl (C=O) groups is 1. The fourth-order valence-corrected chi connectivity index (χ4v) is 3.57. The molecule has 1 aromatic carbocycles. The normalized spacial score (nSPS) is 13.2. The lowest BCUT2D eigenvalue weighted by Crippen LogP contribution is -2.36. The summed E-state index contributed by atoms with van der Waals surface area (Å²) in [6.45, 7) is 8.69. The van der Waals surface area contributed by atoms with Gasteiger partial charge in [0.1, 0.15) is 0 Å². The highest BCUT2D eigenvalue weighted by atomic mass is 16.7. The molecule has 2 aromatic heterocycles. The number of nitrogens with one attached hydrogen (secondary N) is 1. The van der Waals surface area contributed by atoms with E-state index in [2.05, 4.69) is 29.2 Å². The first-order chi connectivity index (χ1) is 13.3. The molecule has 1 N–H and O–H groups in total. The highest BCUT2D eigenvalue weighted by Crippen LogP contribution is 2.36. The van der Waals surface area contributed by atoms with Gasteiger partial charge in [-0.05, 0) is 37.6 Å². The van der Waals surface area contributed by atoms with Crippen molar-refractivity contribution >= 4 is 16.9 Å². The second-order valence-electron chi connectivity index (χ2n) is 7.85. The molecule has 7 heteroatoms. The summed E-state index contributed by atoms with van der Waals surface area (Å²) in [5, 5.41) is 8.30. The van der Waals surface area contributed by atoms with E-state index in [9.17, 15) is 4.79 Å². The standard InChI is InChI=1S/C21H24N4O3/c1-12-8-15(18-13(2)24-25(5)19(18)23-12)20(26)22-10-21(3,4)14-6-7-16-17(9-14)28-11-27-16/h6-9H,10-11H2,1-5H3,(H,22,26). The highest BCUT2D eigenvalue weighted by molar-refractivity contribution is 6.06. The van der Waals surface area contributed by atoms with Crippen LogP contribution in [0.1, 0.15) is 41.2 Å². The molecule has 3 heterocycles. The van der Waals surface area contributed by atoms with E-state index in [1.165, 1.54) is 0 Å². The fourth-order valence-electron chi connectivity index (χ4n) is 3.57. The lowest BCUT2D eigenvalue weighted by Gasteiger charge is -2.26. The van der Waals surface area contributed by atoms with Gasteiger partial charge in [-0.2, -0.15) is 5.10 Å². The van der Waals surface area contributed by atoms with Gasteiger partial charge >= 0.3 is 0 Å². The van der Waals surface area contributed by atoms with Crippen LogP contribution in [0.4, 0.5) is 0 Å². The molecule has 0 radical (unpaired) electrons. The predicted octanol–water partition coefficient (Wildman–Crippen LogP) is 3.02. The van der Waals surface area contributed by atoms with Crippen LogP contribution in [0.15, 0.2) is 24.3 Å². The Morgan fingerprint density at radius 3 is 2.75 bits per heavy atom. The van der Waals surface area contributed by atoms with Crippen LogP contribution in [0.25, 0.3) is 11.0 Å². The molecule has 0 saturated heterocycles. The summed E-state index contributed by atoms with van der Waals surface area (Å²) in [5.41, 5.74) is 3.71. The van der Waals surface area contributed by atoms with Crippen LogP contribution < -0.4 is 14.8 Å². The number of nitrogens with zero attached hydrogens (tertiary/aromatic N) is 3. The second kappa shape index (κ2) is 6.51. The molecule has 4 rings (SSSR count). The number of rotatable bonds is 4. The molecule has 0 bridgehead atoms. The number of fused-ring (bicyclic) bond motifs is 2. The van der Waals surface area contributed by atoms with Gasteiger partial charge in [0.2, 0.25) is 6.79 Å². The van der Waals surface area contributed by atoms with E-state index in [-0.39, 0.29) is 18.1 Å². The van der Waals surface area contributed by atoms with Gasteiger partial charge in [-0.25, -0.2) is 4.98 Å². The van der Waals surface area contributed by atoms with Crippen molar-refractivity contribution in [3.63, 3.8) is 0 Å². The van der Waals surface area contributed by atoms with Gasteiger partial charge in [-0.3, -0.25) is 9.48 Å². The molecule has 1 aliphatic heterocycles. The van der Waals surface area contributed by atoms with E-state index in [0.717, 1.165) is 39.5 Å². The van der Waals surface area contributed by atoms with Crippen molar-refractivity contribution in [1.29, 1.82) is 0 Å². The highest BCUT2D eigenvalue weighted by Gasteiger charge is 2.26. The topological polar surface area (TPSA) is 78.3 Å². The van der Waals surface area contributed by atoms with Gasteiger partial charge in [-0.15, -0.1) is 0 Å². The van der Waals surface area contributed by atoms with E-state index in [4.69, 9.17) is 9.47 Å². The van der Waals surface area contributed by atoms with Crippen LogP contribution in [0.5, 0.6) is 11.5 Å². The molecule has 7 nitrogen and oxygen atoms in total. The predicted molar refractivity (Wildman–Crippen MR) is 106 cm³/mol. The average molecular weight is 380 g/mol.